The molecule has 1 N–H and O–H groups in total. The summed E-state index contributed by atoms with van der Waals surface area (Å²) in [6, 6.07) is 9.82. The summed E-state index contributed by atoms with van der Waals surface area (Å²) < 4.78 is 0. The van der Waals surface area contributed by atoms with Gasteiger partial charge in [-0.05, 0) is 12.0 Å². The van der Waals surface area contributed by atoms with Crippen LogP contribution in [0.5, 0.6) is 0 Å². The third-order valence-corrected chi connectivity index (χ3v) is 2.09. The van der Waals surface area contributed by atoms with Crippen LogP contribution in [0.1, 0.15) is 12.5 Å². The summed E-state index contributed by atoms with van der Waals surface area (Å²) >= 11 is 0. The molecular formula is C11H14O2. The van der Waals surface area contributed by atoms with E-state index in [1.807, 2.05) is 37.3 Å². The molecule has 1 unspecified atom stereocenters. The molecule has 1 rings (SSSR count). The molecule has 0 heterocycles. The average molecular weight is 178 g/mol. The van der Waals surface area contributed by atoms with Gasteiger partial charge in [0.05, 0.1) is 0 Å². The van der Waals surface area contributed by atoms with Crippen LogP contribution < -0.4 is 0 Å². The molecule has 0 fully saturated rings. The number of hydrogen-bond acceptors (Lipinski definition) is 2. The molecule has 13 heavy (non-hydrogen) atoms. The van der Waals surface area contributed by atoms with E-state index in [9.17, 15) is 4.79 Å². The molecule has 0 radical (unpaired) electrons. The lowest BCUT2D eigenvalue weighted by Gasteiger charge is -2.07. The fraction of sp³-hybridized carbons (Fsp3) is 0.364. The number of aliphatic hydroxyl groups is 1. The van der Waals surface area contributed by atoms with Gasteiger partial charge in [-0.1, -0.05) is 37.3 Å². The Kier molecular flexibility index (Phi) is 3.65. The second-order valence-electron chi connectivity index (χ2n) is 3.22. The first-order chi connectivity index (χ1) is 6.24. The van der Waals surface area contributed by atoms with Gasteiger partial charge in [-0.3, -0.25) is 4.79 Å². The van der Waals surface area contributed by atoms with Gasteiger partial charge < -0.3 is 5.11 Å². The number of carbonyl (C=O) groups excluding carboxylic acids is 1. The van der Waals surface area contributed by atoms with Crippen molar-refractivity contribution in [2.75, 3.05) is 6.61 Å². The first-order valence-electron chi connectivity index (χ1n) is 4.41. The Morgan fingerprint density at radius 2 is 2.00 bits per heavy atom. The number of carbonyl (C=O) groups is 1. The number of rotatable bonds is 4. The molecule has 0 saturated heterocycles. The molecule has 0 aliphatic heterocycles. The molecule has 1 aromatic rings. The summed E-state index contributed by atoms with van der Waals surface area (Å²) in [4.78, 5) is 11.1. The molecule has 0 spiro atoms. The summed E-state index contributed by atoms with van der Waals surface area (Å²) in [5.74, 6) is -0.184. The van der Waals surface area contributed by atoms with Crippen LogP contribution in [0.4, 0.5) is 0 Å². The van der Waals surface area contributed by atoms with Crippen molar-refractivity contribution in [1.82, 2.24) is 0 Å². The summed E-state index contributed by atoms with van der Waals surface area (Å²) in [6.45, 7) is 1.49. The quantitative estimate of drug-likeness (QED) is 0.757. The zero-order valence-electron chi connectivity index (χ0n) is 7.73. The van der Waals surface area contributed by atoms with Crippen molar-refractivity contribution < 1.29 is 9.90 Å². The molecule has 0 amide bonds. The normalized spacial score (nSPS) is 12.5. The van der Waals surface area contributed by atoms with E-state index in [1.54, 1.807) is 0 Å². The lowest BCUT2D eigenvalue weighted by atomic mass is 9.98. The van der Waals surface area contributed by atoms with E-state index in [2.05, 4.69) is 0 Å². The van der Waals surface area contributed by atoms with Crippen molar-refractivity contribution in [3.05, 3.63) is 35.9 Å². The lowest BCUT2D eigenvalue weighted by Crippen LogP contribution is -2.16. The lowest BCUT2D eigenvalue weighted by molar-refractivity contribution is -0.125. The van der Waals surface area contributed by atoms with Gasteiger partial charge in [0.25, 0.3) is 0 Å². The van der Waals surface area contributed by atoms with Crippen LogP contribution >= 0.6 is 0 Å². The maximum atomic E-state index is 11.1. The van der Waals surface area contributed by atoms with Crippen molar-refractivity contribution in [3.63, 3.8) is 0 Å². The number of hydrogen-bond donors (Lipinski definition) is 1. The van der Waals surface area contributed by atoms with E-state index >= 15 is 0 Å². The minimum absolute atomic E-state index is 0.0904. The Balaban J connectivity index is 2.55. The molecule has 0 aliphatic carbocycles. The van der Waals surface area contributed by atoms with E-state index in [0.717, 1.165) is 5.56 Å². The Hall–Kier alpha value is -1.15. The third-order valence-electron chi connectivity index (χ3n) is 2.09. The number of Topliss-reactive ketones (excluding diaryl/α,β-unsaturated/α-hetero) is 1. The smallest absolute Gasteiger partial charge is 0.161 e. The highest BCUT2D eigenvalue weighted by atomic mass is 16.3. The van der Waals surface area contributed by atoms with Crippen LogP contribution in [0.3, 0.4) is 0 Å². The second kappa shape index (κ2) is 4.77. The fourth-order valence-electron chi connectivity index (χ4n) is 1.24. The van der Waals surface area contributed by atoms with Gasteiger partial charge in [0.15, 0.2) is 5.78 Å². The van der Waals surface area contributed by atoms with Crippen LogP contribution in [0, 0.1) is 5.92 Å². The third kappa shape index (κ3) is 2.99. The molecule has 0 aromatic heterocycles. The van der Waals surface area contributed by atoms with Crippen molar-refractivity contribution >= 4 is 5.78 Å². The Morgan fingerprint density at radius 3 is 2.54 bits per heavy atom. The molecule has 70 valence electrons. The van der Waals surface area contributed by atoms with Crippen molar-refractivity contribution in [2.45, 2.75) is 13.3 Å². The molecule has 0 saturated carbocycles. The van der Waals surface area contributed by atoms with Gasteiger partial charge >= 0.3 is 0 Å². The van der Waals surface area contributed by atoms with Crippen LogP contribution in [-0.2, 0) is 11.2 Å². The SMILES string of the molecule is CC(Cc1ccccc1)C(=O)CO. The maximum Gasteiger partial charge on any atom is 0.161 e. The van der Waals surface area contributed by atoms with E-state index in [0.29, 0.717) is 6.42 Å². The first-order valence-corrected chi connectivity index (χ1v) is 4.41. The van der Waals surface area contributed by atoms with Crippen molar-refractivity contribution in [3.8, 4) is 0 Å². The molecule has 1 aromatic carbocycles. The monoisotopic (exact) mass is 178 g/mol. The van der Waals surface area contributed by atoms with Crippen molar-refractivity contribution in [2.24, 2.45) is 5.92 Å². The summed E-state index contributed by atoms with van der Waals surface area (Å²) in [6.07, 6.45) is 0.709. The predicted octanol–water partition coefficient (Wildman–Crippen LogP) is 1.43. The van der Waals surface area contributed by atoms with Crippen LogP contribution in [-0.4, -0.2) is 17.5 Å². The second-order valence-corrected chi connectivity index (χ2v) is 3.22. The van der Waals surface area contributed by atoms with E-state index in [1.165, 1.54) is 0 Å². The number of ketones is 1. The largest absolute Gasteiger partial charge is 0.389 e. The van der Waals surface area contributed by atoms with Crippen LogP contribution in [0.25, 0.3) is 0 Å². The summed E-state index contributed by atoms with van der Waals surface area (Å²) in [7, 11) is 0. The predicted molar refractivity (Wildman–Crippen MR) is 51.4 cm³/mol. The Bertz CT molecular complexity index is 267. The zero-order valence-corrected chi connectivity index (χ0v) is 7.73. The van der Waals surface area contributed by atoms with Crippen molar-refractivity contribution in [1.29, 1.82) is 0 Å². The molecule has 1 atom stereocenters. The van der Waals surface area contributed by atoms with Crippen LogP contribution in [0.2, 0.25) is 0 Å². The topological polar surface area (TPSA) is 37.3 Å². The van der Waals surface area contributed by atoms with Gasteiger partial charge in [-0.25, -0.2) is 0 Å². The molecule has 2 nitrogen and oxygen atoms in total. The number of aliphatic hydroxyl groups excluding tert-OH is 1. The van der Waals surface area contributed by atoms with Gasteiger partial charge in [-0.2, -0.15) is 0 Å². The average Bonchev–Trinajstić information content (AvgIpc) is 2.18. The first kappa shape index (κ1) is 9.93. The molecular weight excluding hydrogens is 164 g/mol. The Morgan fingerprint density at radius 1 is 1.38 bits per heavy atom. The molecule has 0 aliphatic rings. The zero-order chi connectivity index (χ0) is 9.68. The minimum Gasteiger partial charge on any atom is -0.389 e. The van der Waals surface area contributed by atoms with E-state index in [4.69, 9.17) is 5.11 Å². The summed E-state index contributed by atoms with van der Waals surface area (Å²) in [5.41, 5.74) is 1.14. The minimum atomic E-state index is -0.353. The summed E-state index contributed by atoms with van der Waals surface area (Å²) in [5, 5.41) is 8.63. The van der Waals surface area contributed by atoms with Crippen LogP contribution in [0.15, 0.2) is 30.3 Å². The Labute approximate surface area is 78.2 Å². The van der Waals surface area contributed by atoms with Gasteiger partial charge in [0.2, 0.25) is 0 Å². The number of benzene rings is 1. The highest BCUT2D eigenvalue weighted by Crippen LogP contribution is 2.08. The van der Waals surface area contributed by atoms with E-state index in [-0.39, 0.29) is 18.3 Å². The molecule has 2 heteroatoms. The standard InChI is InChI=1S/C11H14O2/c1-9(11(13)8-12)7-10-5-3-2-4-6-10/h2-6,9,12H,7-8H2,1H3. The molecule has 0 bridgehead atoms. The fourth-order valence-corrected chi connectivity index (χ4v) is 1.24. The highest BCUT2D eigenvalue weighted by Gasteiger charge is 2.11. The van der Waals surface area contributed by atoms with Gasteiger partial charge in [0, 0.05) is 5.92 Å². The van der Waals surface area contributed by atoms with E-state index < -0.39 is 0 Å². The van der Waals surface area contributed by atoms with Gasteiger partial charge in [0.1, 0.15) is 6.61 Å². The maximum absolute atomic E-state index is 11.1. The highest BCUT2D eigenvalue weighted by molar-refractivity contribution is 5.81. The van der Waals surface area contributed by atoms with Gasteiger partial charge in [-0.15, -0.1) is 0 Å².